The number of fused-ring (bicyclic) bond motifs is 2. The van der Waals surface area contributed by atoms with Crippen molar-refractivity contribution in [3.05, 3.63) is 57.0 Å². The molecule has 0 atom stereocenters. The number of carbonyl (C=O) groups is 1. The monoisotopic (exact) mass is 412 g/mol. The van der Waals surface area contributed by atoms with Crippen LogP contribution in [0, 0.1) is 0 Å². The Morgan fingerprint density at radius 3 is 2.45 bits per heavy atom. The van der Waals surface area contributed by atoms with E-state index in [1.54, 1.807) is 22.9 Å². The minimum absolute atomic E-state index is 0.0314. The number of urea groups is 1. The maximum absolute atomic E-state index is 12.6. The van der Waals surface area contributed by atoms with E-state index in [1.807, 2.05) is 19.0 Å². The molecule has 2 amide bonds. The Balaban J connectivity index is 1.43. The number of nitrogens with zero attached hydrogens (tertiary/aromatic N) is 2. The van der Waals surface area contributed by atoms with Crippen LogP contribution in [0.1, 0.15) is 35.1 Å². The molecule has 0 saturated heterocycles. The second-order valence-electron chi connectivity index (χ2n) is 8.09. The van der Waals surface area contributed by atoms with Crippen LogP contribution in [0.2, 0.25) is 0 Å². The number of nitrogens with one attached hydrogen (secondary N) is 2. The molecule has 0 aliphatic heterocycles. The molecular formula is C22H28N4O2S. The van der Waals surface area contributed by atoms with Gasteiger partial charge in [0.2, 0.25) is 0 Å². The molecule has 0 saturated carbocycles. The summed E-state index contributed by atoms with van der Waals surface area (Å²) in [7, 11) is 3.96. The van der Waals surface area contributed by atoms with Crippen molar-refractivity contribution in [2.45, 2.75) is 50.0 Å². The van der Waals surface area contributed by atoms with Gasteiger partial charge in [-0.05, 0) is 92.9 Å². The van der Waals surface area contributed by atoms with Crippen molar-refractivity contribution in [2.24, 2.45) is 0 Å². The van der Waals surface area contributed by atoms with Crippen molar-refractivity contribution in [1.29, 1.82) is 0 Å². The van der Waals surface area contributed by atoms with Crippen LogP contribution in [-0.4, -0.2) is 36.1 Å². The summed E-state index contributed by atoms with van der Waals surface area (Å²) in [6, 6.07) is 5.45. The average Bonchev–Trinajstić information content (AvgIpc) is 3.35. The molecule has 2 aliphatic rings. The van der Waals surface area contributed by atoms with Gasteiger partial charge < -0.3 is 14.8 Å². The molecule has 0 bridgehead atoms. The summed E-state index contributed by atoms with van der Waals surface area (Å²) in [4.78, 5) is 27.5. The SMILES string of the molecule is CN(C)CCn1cc(SNC(=O)Nc2c3c(cc4c2CCC4)CCC3)ccc1=O. The minimum Gasteiger partial charge on any atom is -0.313 e. The number of benzene rings is 1. The van der Waals surface area contributed by atoms with E-state index >= 15 is 0 Å². The molecule has 154 valence electrons. The van der Waals surface area contributed by atoms with Crippen LogP contribution >= 0.6 is 11.9 Å². The highest BCUT2D eigenvalue weighted by Gasteiger charge is 2.24. The number of pyridine rings is 1. The molecule has 2 aliphatic carbocycles. The van der Waals surface area contributed by atoms with E-state index in [9.17, 15) is 9.59 Å². The molecule has 4 rings (SSSR count). The molecule has 1 heterocycles. The Labute approximate surface area is 175 Å². The number of carbonyl (C=O) groups excluding carboxylic acids is 1. The largest absolute Gasteiger partial charge is 0.329 e. The number of hydrogen-bond acceptors (Lipinski definition) is 4. The highest BCUT2D eigenvalue weighted by atomic mass is 32.2. The van der Waals surface area contributed by atoms with Gasteiger partial charge in [-0.2, -0.15) is 0 Å². The van der Waals surface area contributed by atoms with E-state index in [1.165, 1.54) is 34.2 Å². The molecule has 0 fully saturated rings. The van der Waals surface area contributed by atoms with Gasteiger partial charge in [0.15, 0.2) is 0 Å². The summed E-state index contributed by atoms with van der Waals surface area (Å²) in [5.74, 6) is 0. The van der Waals surface area contributed by atoms with Gasteiger partial charge in [0.05, 0.1) is 0 Å². The lowest BCUT2D eigenvalue weighted by molar-refractivity contribution is 0.257. The predicted molar refractivity (Wildman–Crippen MR) is 118 cm³/mol. The minimum atomic E-state index is -0.213. The van der Waals surface area contributed by atoms with Gasteiger partial charge in [0, 0.05) is 35.9 Å². The molecule has 0 spiro atoms. The first kappa shape index (κ1) is 20.0. The topological polar surface area (TPSA) is 66.4 Å². The number of aryl methyl sites for hydroxylation is 2. The Bertz CT molecular complexity index is 951. The summed E-state index contributed by atoms with van der Waals surface area (Å²) in [6.45, 7) is 1.40. The van der Waals surface area contributed by atoms with Crippen molar-refractivity contribution >= 4 is 23.7 Å². The fourth-order valence-electron chi connectivity index (χ4n) is 4.26. The van der Waals surface area contributed by atoms with Crippen LogP contribution in [0.25, 0.3) is 0 Å². The number of amides is 2. The third-order valence-electron chi connectivity index (χ3n) is 5.72. The average molecular weight is 413 g/mol. The maximum Gasteiger partial charge on any atom is 0.329 e. The normalized spacial score (nSPS) is 14.7. The third kappa shape index (κ3) is 4.51. The number of likely N-dealkylation sites (N-methyl/N-ethyl adjacent to an activating group) is 1. The molecule has 1 aromatic carbocycles. The zero-order chi connectivity index (χ0) is 20.4. The van der Waals surface area contributed by atoms with Crippen molar-refractivity contribution in [3.63, 3.8) is 0 Å². The predicted octanol–water partition coefficient (Wildman–Crippen LogP) is 3.22. The molecule has 6 nitrogen and oxygen atoms in total. The highest BCUT2D eigenvalue weighted by molar-refractivity contribution is 7.98. The third-order valence-corrected chi connectivity index (χ3v) is 6.48. The van der Waals surface area contributed by atoms with Crippen LogP contribution in [0.5, 0.6) is 0 Å². The summed E-state index contributed by atoms with van der Waals surface area (Å²) in [5, 5.41) is 3.13. The van der Waals surface area contributed by atoms with E-state index in [-0.39, 0.29) is 11.6 Å². The first-order valence-electron chi connectivity index (χ1n) is 10.3. The van der Waals surface area contributed by atoms with Crippen LogP contribution in [0.15, 0.2) is 34.1 Å². The number of aromatic nitrogens is 1. The lowest BCUT2D eigenvalue weighted by Crippen LogP contribution is -2.27. The standard InChI is InChI=1S/C22H28N4O2S/c1-25(2)11-12-26-14-17(9-10-20(26)27)29-24-22(28)23-21-18-7-3-5-15(18)13-16-6-4-8-19(16)21/h9-10,13-14H,3-8,11-12H2,1-2H3,(H2,23,24,28). The van der Waals surface area contributed by atoms with E-state index in [2.05, 4.69) is 16.1 Å². The summed E-state index contributed by atoms with van der Waals surface area (Å²) in [6.07, 6.45) is 8.44. The van der Waals surface area contributed by atoms with Crippen LogP contribution in [0.3, 0.4) is 0 Å². The Kier molecular flexibility index (Phi) is 5.96. The van der Waals surface area contributed by atoms with E-state index < -0.39 is 0 Å². The quantitative estimate of drug-likeness (QED) is 0.715. The van der Waals surface area contributed by atoms with Gasteiger partial charge in [-0.25, -0.2) is 4.79 Å². The van der Waals surface area contributed by atoms with Crippen LogP contribution < -0.4 is 15.6 Å². The number of rotatable bonds is 6. The van der Waals surface area contributed by atoms with Crippen LogP contribution in [-0.2, 0) is 32.2 Å². The molecule has 0 radical (unpaired) electrons. The van der Waals surface area contributed by atoms with E-state index in [0.717, 1.165) is 55.7 Å². The van der Waals surface area contributed by atoms with Gasteiger partial charge in [-0.15, -0.1) is 0 Å². The molecule has 7 heteroatoms. The fraction of sp³-hybridized carbons (Fsp3) is 0.455. The molecule has 29 heavy (non-hydrogen) atoms. The Morgan fingerprint density at radius 2 is 1.79 bits per heavy atom. The number of hydrogen-bond donors (Lipinski definition) is 2. The Morgan fingerprint density at radius 1 is 1.10 bits per heavy atom. The molecule has 2 N–H and O–H groups in total. The second-order valence-corrected chi connectivity index (χ2v) is 8.97. The maximum atomic E-state index is 12.6. The van der Waals surface area contributed by atoms with Gasteiger partial charge in [0.1, 0.15) is 0 Å². The lowest BCUT2D eigenvalue weighted by atomic mass is 9.99. The molecular weight excluding hydrogens is 384 g/mol. The summed E-state index contributed by atoms with van der Waals surface area (Å²) in [5.41, 5.74) is 6.46. The highest BCUT2D eigenvalue weighted by Crippen LogP contribution is 2.38. The molecule has 2 aromatic rings. The second kappa shape index (κ2) is 8.63. The first-order chi connectivity index (χ1) is 14.0. The van der Waals surface area contributed by atoms with Crippen molar-refractivity contribution < 1.29 is 4.79 Å². The van der Waals surface area contributed by atoms with Crippen molar-refractivity contribution in [1.82, 2.24) is 14.2 Å². The summed E-state index contributed by atoms with van der Waals surface area (Å²) >= 11 is 1.24. The Hall–Kier alpha value is -2.25. The van der Waals surface area contributed by atoms with Crippen LogP contribution in [0.4, 0.5) is 10.5 Å². The molecule has 0 unspecified atom stereocenters. The van der Waals surface area contributed by atoms with Crippen molar-refractivity contribution in [3.8, 4) is 0 Å². The van der Waals surface area contributed by atoms with E-state index in [4.69, 9.17) is 0 Å². The van der Waals surface area contributed by atoms with E-state index in [0.29, 0.717) is 6.54 Å². The first-order valence-corrected chi connectivity index (χ1v) is 11.1. The number of anilines is 1. The zero-order valence-electron chi connectivity index (χ0n) is 17.1. The smallest absolute Gasteiger partial charge is 0.313 e. The van der Waals surface area contributed by atoms with Gasteiger partial charge >= 0.3 is 6.03 Å². The molecule has 1 aromatic heterocycles. The summed E-state index contributed by atoms with van der Waals surface area (Å²) < 4.78 is 4.56. The fourth-order valence-corrected chi connectivity index (χ4v) is 4.84. The van der Waals surface area contributed by atoms with Gasteiger partial charge in [0.25, 0.3) is 5.56 Å². The lowest BCUT2D eigenvalue weighted by Gasteiger charge is -2.16. The zero-order valence-corrected chi connectivity index (χ0v) is 17.9. The van der Waals surface area contributed by atoms with Crippen molar-refractivity contribution in [2.75, 3.05) is 26.0 Å². The van der Waals surface area contributed by atoms with Gasteiger partial charge in [-0.3, -0.25) is 9.52 Å². The van der Waals surface area contributed by atoms with Gasteiger partial charge in [-0.1, -0.05) is 6.07 Å².